The highest BCUT2D eigenvalue weighted by molar-refractivity contribution is 5.98. The molecular formula is C15H20N2O. The van der Waals surface area contributed by atoms with Crippen molar-refractivity contribution in [2.45, 2.75) is 26.8 Å². The van der Waals surface area contributed by atoms with E-state index in [2.05, 4.69) is 25.8 Å². The molecule has 1 atom stereocenters. The second kappa shape index (κ2) is 4.84. The van der Waals surface area contributed by atoms with Gasteiger partial charge in [-0.3, -0.25) is 4.79 Å². The minimum Gasteiger partial charge on any atom is -0.361 e. The molecule has 0 aliphatic heterocycles. The van der Waals surface area contributed by atoms with Crippen LogP contribution in [0.4, 0.5) is 0 Å². The number of H-pyrrole nitrogens is 1. The van der Waals surface area contributed by atoms with Gasteiger partial charge < -0.3 is 9.88 Å². The van der Waals surface area contributed by atoms with Gasteiger partial charge in [0.2, 0.25) is 0 Å². The molecule has 18 heavy (non-hydrogen) atoms. The summed E-state index contributed by atoms with van der Waals surface area (Å²) in [5.74, 6) is 0.536. The maximum absolute atomic E-state index is 12.4. The van der Waals surface area contributed by atoms with E-state index < -0.39 is 0 Å². The maximum atomic E-state index is 12.4. The van der Waals surface area contributed by atoms with Crippen LogP contribution in [0.1, 0.15) is 31.1 Å². The second-order valence-electron chi connectivity index (χ2n) is 5.18. The Balaban J connectivity index is 2.27. The predicted molar refractivity (Wildman–Crippen MR) is 74.7 cm³/mol. The lowest BCUT2D eigenvalue weighted by Crippen LogP contribution is -2.38. The molecule has 0 saturated carbocycles. The average molecular weight is 244 g/mol. The summed E-state index contributed by atoms with van der Waals surface area (Å²) in [6.07, 6.45) is 1.89. The van der Waals surface area contributed by atoms with Crippen molar-refractivity contribution < 1.29 is 4.79 Å². The third kappa shape index (κ3) is 2.26. The van der Waals surface area contributed by atoms with Crippen molar-refractivity contribution in [3.8, 4) is 0 Å². The van der Waals surface area contributed by atoms with Crippen LogP contribution in [0.2, 0.25) is 0 Å². The van der Waals surface area contributed by atoms with E-state index >= 15 is 0 Å². The first-order valence-electron chi connectivity index (χ1n) is 6.35. The van der Waals surface area contributed by atoms with Crippen molar-refractivity contribution in [2.75, 3.05) is 7.05 Å². The molecule has 0 bridgehead atoms. The van der Waals surface area contributed by atoms with Gasteiger partial charge in [-0.15, -0.1) is 0 Å². The SMILES string of the molecule is CC(C)C(C)N(C)C(=O)c1ccc2[nH]ccc2c1. The monoisotopic (exact) mass is 244 g/mol. The number of nitrogens with one attached hydrogen (secondary N) is 1. The summed E-state index contributed by atoms with van der Waals surface area (Å²) < 4.78 is 0. The number of carbonyl (C=O) groups is 1. The van der Waals surface area contributed by atoms with E-state index in [-0.39, 0.29) is 11.9 Å². The van der Waals surface area contributed by atoms with Gasteiger partial charge >= 0.3 is 0 Å². The fraction of sp³-hybridized carbons (Fsp3) is 0.400. The molecule has 0 aliphatic carbocycles. The summed E-state index contributed by atoms with van der Waals surface area (Å²) in [5.41, 5.74) is 1.81. The van der Waals surface area contributed by atoms with Crippen LogP contribution in [0.5, 0.6) is 0 Å². The van der Waals surface area contributed by atoms with E-state index in [1.165, 1.54) is 0 Å². The van der Waals surface area contributed by atoms with Crippen molar-refractivity contribution in [1.82, 2.24) is 9.88 Å². The largest absolute Gasteiger partial charge is 0.361 e. The van der Waals surface area contributed by atoms with E-state index in [0.29, 0.717) is 5.92 Å². The smallest absolute Gasteiger partial charge is 0.253 e. The molecule has 2 rings (SSSR count). The number of aromatic amines is 1. The Labute approximate surface area is 108 Å². The summed E-state index contributed by atoms with van der Waals surface area (Å²) in [7, 11) is 1.87. The zero-order chi connectivity index (χ0) is 13.3. The van der Waals surface area contributed by atoms with Crippen molar-refractivity contribution in [1.29, 1.82) is 0 Å². The number of rotatable bonds is 3. The highest BCUT2D eigenvalue weighted by Gasteiger charge is 2.19. The molecule has 1 aromatic carbocycles. The lowest BCUT2D eigenvalue weighted by Gasteiger charge is -2.28. The van der Waals surface area contributed by atoms with Gasteiger partial charge in [0, 0.05) is 35.8 Å². The lowest BCUT2D eigenvalue weighted by atomic mass is 10.0. The quantitative estimate of drug-likeness (QED) is 0.883. The second-order valence-corrected chi connectivity index (χ2v) is 5.18. The number of carbonyl (C=O) groups excluding carboxylic acids is 1. The topological polar surface area (TPSA) is 36.1 Å². The van der Waals surface area contributed by atoms with Gasteiger partial charge in [-0.05, 0) is 37.1 Å². The van der Waals surface area contributed by atoms with Gasteiger partial charge in [0.25, 0.3) is 5.91 Å². The number of amides is 1. The maximum Gasteiger partial charge on any atom is 0.253 e. The van der Waals surface area contributed by atoms with E-state index in [1.807, 2.05) is 42.4 Å². The Morgan fingerprint density at radius 1 is 1.22 bits per heavy atom. The highest BCUT2D eigenvalue weighted by atomic mass is 16.2. The molecule has 3 heteroatoms. The van der Waals surface area contributed by atoms with Gasteiger partial charge in [-0.1, -0.05) is 13.8 Å². The van der Waals surface area contributed by atoms with Crippen LogP contribution in [0.3, 0.4) is 0 Å². The van der Waals surface area contributed by atoms with Crippen molar-refractivity contribution in [3.63, 3.8) is 0 Å². The Morgan fingerprint density at radius 3 is 2.61 bits per heavy atom. The first kappa shape index (κ1) is 12.7. The molecule has 1 N–H and O–H groups in total. The first-order valence-corrected chi connectivity index (χ1v) is 6.35. The predicted octanol–water partition coefficient (Wildman–Crippen LogP) is 3.28. The van der Waals surface area contributed by atoms with E-state index in [1.54, 1.807) is 0 Å². The summed E-state index contributed by atoms with van der Waals surface area (Å²) >= 11 is 0. The molecule has 0 aliphatic rings. The van der Waals surface area contributed by atoms with Crippen LogP contribution >= 0.6 is 0 Å². The Bertz CT molecular complexity index is 556. The van der Waals surface area contributed by atoms with Gasteiger partial charge in [-0.2, -0.15) is 0 Å². The van der Waals surface area contributed by atoms with Crippen molar-refractivity contribution >= 4 is 16.8 Å². The van der Waals surface area contributed by atoms with Crippen LogP contribution in [0, 0.1) is 5.92 Å². The molecule has 0 spiro atoms. The number of aromatic nitrogens is 1. The highest BCUT2D eigenvalue weighted by Crippen LogP contribution is 2.17. The van der Waals surface area contributed by atoms with Crippen molar-refractivity contribution in [3.05, 3.63) is 36.0 Å². The van der Waals surface area contributed by atoms with Crippen LogP contribution in [0.15, 0.2) is 30.5 Å². The number of nitrogens with zero attached hydrogens (tertiary/aromatic N) is 1. The fourth-order valence-corrected chi connectivity index (χ4v) is 2.02. The molecule has 2 aromatic rings. The van der Waals surface area contributed by atoms with Crippen LogP contribution in [-0.2, 0) is 0 Å². The minimum absolute atomic E-state index is 0.0827. The van der Waals surface area contributed by atoms with E-state index in [4.69, 9.17) is 0 Å². The zero-order valence-corrected chi connectivity index (χ0v) is 11.4. The standard InChI is InChI=1S/C15H20N2O/c1-10(2)11(3)17(4)15(18)13-5-6-14-12(9-13)7-8-16-14/h5-11,16H,1-4H3. The Hall–Kier alpha value is -1.77. The molecule has 0 radical (unpaired) electrons. The Morgan fingerprint density at radius 2 is 1.94 bits per heavy atom. The molecule has 3 nitrogen and oxygen atoms in total. The number of benzene rings is 1. The van der Waals surface area contributed by atoms with Gasteiger partial charge in [-0.25, -0.2) is 0 Å². The first-order chi connectivity index (χ1) is 8.50. The number of hydrogen-bond acceptors (Lipinski definition) is 1. The van der Waals surface area contributed by atoms with Gasteiger partial charge in [0.15, 0.2) is 0 Å². The van der Waals surface area contributed by atoms with Gasteiger partial charge in [0.05, 0.1) is 0 Å². The molecule has 1 amide bonds. The fourth-order valence-electron chi connectivity index (χ4n) is 2.02. The van der Waals surface area contributed by atoms with Crippen LogP contribution in [-0.4, -0.2) is 28.9 Å². The normalized spacial score (nSPS) is 12.9. The molecular weight excluding hydrogens is 224 g/mol. The molecule has 1 heterocycles. The van der Waals surface area contributed by atoms with Crippen LogP contribution < -0.4 is 0 Å². The number of hydrogen-bond donors (Lipinski definition) is 1. The van der Waals surface area contributed by atoms with E-state index in [0.717, 1.165) is 16.5 Å². The summed E-state index contributed by atoms with van der Waals surface area (Å²) in [4.78, 5) is 17.3. The minimum atomic E-state index is 0.0827. The summed E-state index contributed by atoms with van der Waals surface area (Å²) in [5, 5.41) is 1.08. The molecule has 1 unspecified atom stereocenters. The summed E-state index contributed by atoms with van der Waals surface area (Å²) in [6, 6.07) is 8.00. The molecule has 0 fully saturated rings. The number of fused-ring (bicyclic) bond motifs is 1. The van der Waals surface area contributed by atoms with Gasteiger partial charge in [0.1, 0.15) is 0 Å². The van der Waals surface area contributed by atoms with Crippen molar-refractivity contribution in [2.24, 2.45) is 5.92 Å². The molecule has 1 aromatic heterocycles. The zero-order valence-electron chi connectivity index (χ0n) is 11.4. The summed E-state index contributed by atoms with van der Waals surface area (Å²) in [6.45, 7) is 6.34. The third-order valence-corrected chi connectivity index (χ3v) is 3.70. The molecule has 96 valence electrons. The average Bonchev–Trinajstić information content (AvgIpc) is 2.82. The third-order valence-electron chi connectivity index (χ3n) is 3.70. The lowest BCUT2D eigenvalue weighted by molar-refractivity contribution is 0.0707. The van der Waals surface area contributed by atoms with E-state index in [9.17, 15) is 4.79 Å². The molecule has 0 saturated heterocycles. The Kier molecular flexibility index (Phi) is 3.41. The van der Waals surface area contributed by atoms with Crippen LogP contribution in [0.25, 0.3) is 10.9 Å².